The second kappa shape index (κ2) is 7.01. The van der Waals surface area contributed by atoms with Gasteiger partial charge in [0.25, 0.3) is 0 Å². The molecular formula is C19H19F2N7. The molecule has 0 fully saturated rings. The van der Waals surface area contributed by atoms with Crippen LogP contribution in [0.1, 0.15) is 18.2 Å². The van der Waals surface area contributed by atoms with Crippen LogP contribution in [0.3, 0.4) is 0 Å². The van der Waals surface area contributed by atoms with Crippen LogP contribution in [0.4, 0.5) is 8.78 Å². The van der Waals surface area contributed by atoms with Crippen LogP contribution in [0.5, 0.6) is 0 Å². The number of pyridine rings is 1. The zero-order valence-corrected chi connectivity index (χ0v) is 15.2. The third-order valence-corrected chi connectivity index (χ3v) is 4.59. The summed E-state index contributed by atoms with van der Waals surface area (Å²) < 4.78 is 29.5. The van der Waals surface area contributed by atoms with Gasteiger partial charge in [0.05, 0.1) is 17.4 Å². The van der Waals surface area contributed by atoms with Gasteiger partial charge in [0.1, 0.15) is 29.1 Å². The van der Waals surface area contributed by atoms with Gasteiger partial charge in [0, 0.05) is 19.0 Å². The van der Waals surface area contributed by atoms with Crippen molar-refractivity contribution in [2.24, 2.45) is 16.5 Å². The summed E-state index contributed by atoms with van der Waals surface area (Å²) in [6.07, 6.45) is 2.44. The van der Waals surface area contributed by atoms with Gasteiger partial charge in [-0.25, -0.2) is 13.8 Å². The molecule has 2 aromatic heterocycles. The standard InChI is InChI=1S/C19H19F2N7/c1-2-27-17(23)9-16(22)25-19(27)28-15-8-12(20)10-24-18(15)14(26-28)7-11-5-3-4-6-13(11)21/h3-6,8-10,17H,2,7,22-23H2,1H3. The fraction of sp³-hybridized carbons (Fsp3) is 0.211. The van der Waals surface area contributed by atoms with Crippen LogP contribution < -0.4 is 11.5 Å². The van der Waals surface area contributed by atoms with Gasteiger partial charge in [0.2, 0.25) is 5.96 Å². The van der Waals surface area contributed by atoms with E-state index in [-0.39, 0.29) is 18.1 Å². The molecular weight excluding hydrogens is 364 g/mol. The predicted molar refractivity (Wildman–Crippen MR) is 102 cm³/mol. The molecule has 0 spiro atoms. The summed E-state index contributed by atoms with van der Waals surface area (Å²) in [6.45, 7) is 2.45. The maximum Gasteiger partial charge on any atom is 0.230 e. The average Bonchev–Trinajstić information content (AvgIpc) is 3.00. The lowest BCUT2D eigenvalue weighted by Gasteiger charge is -2.31. The molecule has 0 saturated heterocycles. The van der Waals surface area contributed by atoms with E-state index in [2.05, 4.69) is 15.1 Å². The van der Waals surface area contributed by atoms with Gasteiger partial charge in [0.15, 0.2) is 0 Å². The molecule has 3 aromatic rings. The number of aliphatic imine (C=N–C) groups is 1. The Morgan fingerprint density at radius 1 is 1.21 bits per heavy atom. The number of benzene rings is 1. The molecule has 9 heteroatoms. The van der Waals surface area contributed by atoms with Crippen molar-refractivity contribution in [2.45, 2.75) is 19.5 Å². The molecule has 4 N–H and O–H groups in total. The van der Waals surface area contributed by atoms with Crippen molar-refractivity contribution < 1.29 is 8.78 Å². The van der Waals surface area contributed by atoms with Crippen molar-refractivity contribution in [3.63, 3.8) is 0 Å². The quantitative estimate of drug-likeness (QED) is 0.720. The van der Waals surface area contributed by atoms with Gasteiger partial charge in [-0.3, -0.25) is 0 Å². The highest BCUT2D eigenvalue weighted by molar-refractivity contribution is 5.93. The highest BCUT2D eigenvalue weighted by atomic mass is 19.1. The van der Waals surface area contributed by atoms with Crippen LogP contribution in [0, 0.1) is 11.6 Å². The molecule has 28 heavy (non-hydrogen) atoms. The highest BCUT2D eigenvalue weighted by Crippen LogP contribution is 2.23. The maximum absolute atomic E-state index is 14.1. The van der Waals surface area contributed by atoms with Crippen LogP contribution in [0.25, 0.3) is 11.0 Å². The number of fused-ring (bicyclic) bond motifs is 1. The Hall–Kier alpha value is -3.33. The summed E-state index contributed by atoms with van der Waals surface area (Å²) in [5.41, 5.74) is 13.9. The third kappa shape index (κ3) is 3.09. The van der Waals surface area contributed by atoms with Crippen molar-refractivity contribution in [3.05, 3.63) is 71.3 Å². The lowest BCUT2D eigenvalue weighted by molar-refractivity contribution is 0.360. The van der Waals surface area contributed by atoms with Gasteiger partial charge in [-0.05, 0) is 24.6 Å². The zero-order valence-electron chi connectivity index (χ0n) is 15.2. The van der Waals surface area contributed by atoms with Crippen LogP contribution >= 0.6 is 0 Å². The normalized spacial score (nSPS) is 17.0. The average molecular weight is 383 g/mol. The molecule has 1 unspecified atom stereocenters. The highest BCUT2D eigenvalue weighted by Gasteiger charge is 2.26. The summed E-state index contributed by atoms with van der Waals surface area (Å²) in [5.74, 6) is -0.242. The fourth-order valence-corrected chi connectivity index (χ4v) is 3.26. The van der Waals surface area contributed by atoms with Crippen molar-refractivity contribution in [1.82, 2.24) is 19.7 Å². The van der Waals surface area contributed by atoms with E-state index in [0.29, 0.717) is 34.8 Å². The molecule has 0 amide bonds. The molecule has 1 aliphatic rings. The van der Waals surface area contributed by atoms with E-state index in [1.54, 1.807) is 29.2 Å². The van der Waals surface area contributed by atoms with E-state index >= 15 is 0 Å². The number of hydrogen-bond donors (Lipinski definition) is 2. The number of aromatic nitrogens is 3. The van der Waals surface area contributed by atoms with Gasteiger partial charge in [-0.15, -0.1) is 0 Å². The number of halogens is 2. The number of nitrogens with zero attached hydrogens (tertiary/aromatic N) is 5. The maximum atomic E-state index is 14.1. The summed E-state index contributed by atoms with van der Waals surface area (Å²) in [5, 5.41) is 4.57. The largest absolute Gasteiger partial charge is 0.384 e. The Morgan fingerprint density at radius 2 is 2.00 bits per heavy atom. The van der Waals surface area contributed by atoms with Crippen LogP contribution in [0.2, 0.25) is 0 Å². The molecule has 1 atom stereocenters. The van der Waals surface area contributed by atoms with Gasteiger partial charge in [-0.2, -0.15) is 14.8 Å². The molecule has 0 bridgehead atoms. The lowest BCUT2D eigenvalue weighted by atomic mass is 10.1. The van der Waals surface area contributed by atoms with Crippen molar-refractivity contribution in [1.29, 1.82) is 0 Å². The van der Waals surface area contributed by atoms with Crippen LogP contribution in [-0.2, 0) is 6.42 Å². The predicted octanol–water partition coefficient (Wildman–Crippen LogP) is 1.92. The molecule has 0 saturated carbocycles. The molecule has 3 heterocycles. The second-order valence-corrected chi connectivity index (χ2v) is 6.43. The Kier molecular flexibility index (Phi) is 4.52. The minimum atomic E-state index is -0.515. The Balaban J connectivity index is 1.89. The van der Waals surface area contributed by atoms with Crippen molar-refractivity contribution in [2.75, 3.05) is 6.54 Å². The molecule has 1 aromatic carbocycles. The van der Waals surface area contributed by atoms with Crippen molar-refractivity contribution >= 4 is 17.0 Å². The summed E-state index contributed by atoms with van der Waals surface area (Å²) >= 11 is 0. The first kappa shape index (κ1) is 18.1. The van der Waals surface area contributed by atoms with E-state index in [0.717, 1.165) is 6.20 Å². The second-order valence-electron chi connectivity index (χ2n) is 6.43. The number of nitrogens with two attached hydrogens (primary N) is 2. The molecule has 0 aliphatic carbocycles. The summed E-state index contributed by atoms with van der Waals surface area (Å²) in [6, 6.07) is 7.75. The summed E-state index contributed by atoms with van der Waals surface area (Å²) in [7, 11) is 0. The van der Waals surface area contributed by atoms with E-state index in [4.69, 9.17) is 11.5 Å². The Labute approximate surface area is 160 Å². The monoisotopic (exact) mass is 383 g/mol. The summed E-state index contributed by atoms with van der Waals surface area (Å²) in [4.78, 5) is 10.3. The topological polar surface area (TPSA) is 98.3 Å². The first-order valence-electron chi connectivity index (χ1n) is 8.83. The number of hydrogen-bond acceptors (Lipinski definition) is 6. The molecule has 144 valence electrons. The fourth-order valence-electron chi connectivity index (χ4n) is 3.26. The smallest absolute Gasteiger partial charge is 0.230 e. The number of likely N-dealkylation sites (N-methyl/N-ethyl adjacent to an activating group) is 1. The van der Waals surface area contributed by atoms with Crippen LogP contribution in [0.15, 0.2) is 53.4 Å². The molecule has 4 rings (SSSR count). The molecule has 1 aliphatic heterocycles. The van der Waals surface area contributed by atoms with Gasteiger partial charge >= 0.3 is 0 Å². The molecule has 7 nitrogen and oxygen atoms in total. The van der Waals surface area contributed by atoms with Crippen LogP contribution in [-0.4, -0.2) is 38.3 Å². The van der Waals surface area contributed by atoms with E-state index in [1.165, 1.54) is 16.8 Å². The zero-order chi connectivity index (χ0) is 19.8. The van der Waals surface area contributed by atoms with Crippen molar-refractivity contribution in [3.8, 4) is 0 Å². The lowest BCUT2D eigenvalue weighted by Crippen LogP contribution is -2.50. The SMILES string of the molecule is CCN1C(n2nc(Cc3ccccc3F)c3ncc(F)cc32)=NC(N)=CC1N. The third-order valence-electron chi connectivity index (χ3n) is 4.59. The first-order chi connectivity index (χ1) is 13.5. The minimum absolute atomic E-state index is 0.200. The minimum Gasteiger partial charge on any atom is -0.384 e. The van der Waals surface area contributed by atoms with E-state index in [9.17, 15) is 8.78 Å². The van der Waals surface area contributed by atoms with Gasteiger partial charge in [-0.1, -0.05) is 18.2 Å². The van der Waals surface area contributed by atoms with Gasteiger partial charge < -0.3 is 16.4 Å². The molecule has 0 radical (unpaired) electrons. The number of rotatable bonds is 3. The van der Waals surface area contributed by atoms with E-state index in [1.807, 2.05) is 6.92 Å². The Bertz CT molecular complexity index is 1100. The van der Waals surface area contributed by atoms with E-state index < -0.39 is 12.0 Å². The Morgan fingerprint density at radius 3 is 2.75 bits per heavy atom. The first-order valence-corrected chi connectivity index (χ1v) is 8.83.